The van der Waals surface area contributed by atoms with Crippen LogP contribution in [-0.4, -0.2) is 45.7 Å². The molecule has 0 aromatic carbocycles. The molecule has 0 bridgehead atoms. The van der Waals surface area contributed by atoms with Gasteiger partial charge in [0, 0.05) is 25.1 Å². The first-order valence-corrected chi connectivity index (χ1v) is 8.02. The van der Waals surface area contributed by atoms with E-state index in [0.717, 1.165) is 18.5 Å². The zero-order chi connectivity index (χ0) is 15.7. The topological polar surface area (TPSA) is 64.4 Å². The summed E-state index contributed by atoms with van der Waals surface area (Å²) in [6, 6.07) is 1.58. The first-order valence-electron chi connectivity index (χ1n) is 8.02. The Morgan fingerprint density at radius 2 is 2.00 bits per heavy atom. The van der Waals surface area contributed by atoms with Crippen LogP contribution in [0.1, 0.15) is 44.7 Å². The van der Waals surface area contributed by atoms with Gasteiger partial charge < -0.3 is 9.64 Å². The van der Waals surface area contributed by atoms with Gasteiger partial charge in [-0.3, -0.25) is 14.2 Å². The van der Waals surface area contributed by atoms with E-state index in [1.807, 2.05) is 13.8 Å². The summed E-state index contributed by atoms with van der Waals surface area (Å²) in [5, 5.41) is 0. The SMILES string of the molecule is C[C@@H]1CN(C(=O)Cn2cnc(C3CCC3)cc2=O)C[C@@H](C)O1. The van der Waals surface area contributed by atoms with Gasteiger partial charge in [-0.25, -0.2) is 4.98 Å². The van der Waals surface area contributed by atoms with Crippen LogP contribution in [0.3, 0.4) is 0 Å². The lowest BCUT2D eigenvalue weighted by Gasteiger charge is -2.35. The predicted octanol–water partition coefficient (Wildman–Crippen LogP) is 1.15. The minimum Gasteiger partial charge on any atom is -0.372 e. The molecule has 0 N–H and O–H groups in total. The molecule has 1 amide bonds. The Morgan fingerprint density at radius 1 is 1.32 bits per heavy atom. The summed E-state index contributed by atoms with van der Waals surface area (Å²) < 4.78 is 7.02. The molecule has 2 aliphatic rings. The maximum atomic E-state index is 12.4. The number of hydrogen-bond donors (Lipinski definition) is 0. The van der Waals surface area contributed by atoms with Crippen molar-refractivity contribution in [2.45, 2.75) is 57.8 Å². The number of nitrogens with zero attached hydrogens (tertiary/aromatic N) is 3. The van der Waals surface area contributed by atoms with Gasteiger partial charge in [-0.05, 0) is 26.7 Å². The number of morpholine rings is 1. The number of amides is 1. The third-order valence-electron chi connectivity index (χ3n) is 4.50. The zero-order valence-corrected chi connectivity index (χ0v) is 13.2. The van der Waals surface area contributed by atoms with Gasteiger partial charge in [0.25, 0.3) is 5.56 Å². The van der Waals surface area contributed by atoms with E-state index >= 15 is 0 Å². The van der Waals surface area contributed by atoms with Gasteiger partial charge in [0.1, 0.15) is 6.54 Å². The minimum absolute atomic E-state index is 0.0311. The van der Waals surface area contributed by atoms with Crippen molar-refractivity contribution in [3.05, 3.63) is 28.4 Å². The van der Waals surface area contributed by atoms with Crippen molar-refractivity contribution < 1.29 is 9.53 Å². The second kappa shape index (κ2) is 6.20. The van der Waals surface area contributed by atoms with Crippen molar-refractivity contribution >= 4 is 5.91 Å². The van der Waals surface area contributed by atoms with Crippen molar-refractivity contribution in [1.29, 1.82) is 0 Å². The van der Waals surface area contributed by atoms with Crippen LogP contribution >= 0.6 is 0 Å². The predicted molar refractivity (Wildman–Crippen MR) is 81.7 cm³/mol. The molecule has 6 heteroatoms. The fourth-order valence-electron chi connectivity index (χ4n) is 3.11. The van der Waals surface area contributed by atoms with E-state index in [1.54, 1.807) is 11.0 Å². The Kier molecular flexibility index (Phi) is 4.29. The summed E-state index contributed by atoms with van der Waals surface area (Å²) in [6.07, 6.45) is 5.01. The average Bonchev–Trinajstić information content (AvgIpc) is 2.38. The van der Waals surface area contributed by atoms with Gasteiger partial charge in [-0.1, -0.05) is 6.42 Å². The summed E-state index contributed by atoms with van der Waals surface area (Å²) in [6.45, 7) is 5.11. The molecule has 1 aromatic heterocycles. The van der Waals surface area contributed by atoms with Crippen molar-refractivity contribution in [2.24, 2.45) is 0 Å². The number of ether oxygens (including phenoxy) is 1. The Bertz CT molecular complexity index is 599. The maximum absolute atomic E-state index is 12.4. The largest absolute Gasteiger partial charge is 0.372 e. The monoisotopic (exact) mass is 305 g/mol. The first-order chi connectivity index (χ1) is 10.5. The van der Waals surface area contributed by atoms with Gasteiger partial charge in [-0.2, -0.15) is 0 Å². The highest BCUT2D eigenvalue weighted by Gasteiger charge is 2.26. The van der Waals surface area contributed by atoms with Crippen molar-refractivity contribution in [1.82, 2.24) is 14.5 Å². The van der Waals surface area contributed by atoms with E-state index in [1.165, 1.54) is 17.3 Å². The van der Waals surface area contributed by atoms with E-state index < -0.39 is 0 Å². The summed E-state index contributed by atoms with van der Waals surface area (Å²) in [5.74, 6) is 0.376. The van der Waals surface area contributed by atoms with E-state index in [-0.39, 0.29) is 30.2 Å². The fourth-order valence-corrected chi connectivity index (χ4v) is 3.11. The number of carbonyl (C=O) groups is 1. The molecular weight excluding hydrogens is 282 g/mol. The molecule has 1 aromatic rings. The van der Waals surface area contributed by atoms with E-state index in [9.17, 15) is 9.59 Å². The second-order valence-corrected chi connectivity index (χ2v) is 6.46. The highest BCUT2D eigenvalue weighted by atomic mass is 16.5. The quantitative estimate of drug-likeness (QED) is 0.840. The van der Waals surface area contributed by atoms with Gasteiger partial charge in [0.15, 0.2) is 0 Å². The Balaban J connectivity index is 1.67. The van der Waals surface area contributed by atoms with Crippen LogP contribution in [0.2, 0.25) is 0 Å². The number of rotatable bonds is 3. The van der Waals surface area contributed by atoms with Crippen LogP contribution in [0, 0.1) is 0 Å². The summed E-state index contributed by atoms with van der Waals surface area (Å²) in [5.41, 5.74) is 0.730. The molecule has 0 radical (unpaired) electrons. The number of hydrogen-bond acceptors (Lipinski definition) is 4. The van der Waals surface area contributed by atoms with Crippen LogP contribution < -0.4 is 5.56 Å². The molecule has 1 aliphatic carbocycles. The molecule has 1 aliphatic heterocycles. The maximum Gasteiger partial charge on any atom is 0.254 e. The van der Waals surface area contributed by atoms with Crippen molar-refractivity contribution in [2.75, 3.05) is 13.1 Å². The summed E-state index contributed by atoms with van der Waals surface area (Å²) in [7, 11) is 0. The molecule has 2 heterocycles. The molecule has 2 atom stereocenters. The molecule has 1 saturated carbocycles. The lowest BCUT2D eigenvalue weighted by Crippen LogP contribution is -2.49. The third kappa shape index (κ3) is 3.21. The molecule has 120 valence electrons. The fraction of sp³-hybridized carbons (Fsp3) is 0.688. The molecule has 1 saturated heterocycles. The van der Waals surface area contributed by atoms with Crippen molar-refractivity contribution in [3.8, 4) is 0 Å². The zero-order valence-electron chi connectivity index (χ0n) is 13.2. The normalized spacial score (nSPS) is 25.8. The van der Waals surface area contributed by atoms with E-state index in [2.05, 4.69) is 4.98 Å². The van der Waals surface area contributed by atoms with Crippen molar-refractivity contribution in [3.63, 3.8) is 0 Å². The Labute approximate surface area is 130 Å². The van der Waals surface area contributed by atoms with Crippen LogP contribution in [0.25, 0.3) is 0 Å². The Hall–Kier alpha value is -1.69. The Morgan fingerprint density at radius 3 is 2.55 bits per heavy atom. The number of aromatic nitrogens is 2. The summed E-state index contributed by atoms with van der Waals surface area (Å²) in [4.78, 5) is 30.7. The number of carbonyl (C=O) groups excluding carboxylic acids is 1. The smallest absolute Gasteiger partial charge is 0.254 e. The van der Waals surface area contributed by atoms with Crippen LogP contribution in [0.4, 0.5) is 0 Å². The molecule has 3 rings (SSSR count). The molecule has 6 nitrogen and oxygen atoms in total. The molecule has 22 heavy (non-hydrogen) atoms. The van der Waals surface area contributed by atoms with Crippen LogP contribution in [0.5, 0.6) is 0 Å². The third-order valence-corrected chi connectivity index (χ3v) is 4.50. The standard InChI is InChI=1S/C16H23N3O3/c1-11-7-18(8-12(2)22-11)16(21)9-19-10-17-14(6-15(19)20)13-4-3-5-13/h6,10-13H,3-5,7-9H2,1-2H3/t11-,12-/m1/s1. The highest BCUT2D eigenvalue weighted by Crippen LogP contribution is 2.34. The molecule has 0 unspecified atom stereocenters. The minimum atomic E-state index is -0.139. The lowest BCUT2D eigenvalue weighted by atomic mass is 9.83. The molecular formula is C16H23N3O3. The van der Waals surface area contributed by atoms with Gasteiger partial charge in [0.05, 0.1) is 24.2 Å². The lowest BCUT2D eigenvalue weighted by molar-refractivity contribution is -0.143. The van der Waals surface area contributed by atoms with Gasteiger partial charge >= 0.3 is 0 Å². The highest BCUT2D eigenvalue weighted by molar-refractivity contribution is 5.76. The molecule has 0 spiro atoms. The van der Waals surface area contributed by atoms with Gasteiger partial charge in [0.2, 0.25) is 5.91 Å². The average molecular weight is 305 g/mol. The van der Waals surface area contributed by atoms with Crippen LogP contribution in [0.15, 0.2) is 17.2 Å². The van der Waals surface area contributed by atoms with Crippen LogP contribution in [-0.2, 0) is 16.1 Å². The van der Waals surface area contributed by atoms with E-state index in [4.69, 9.17) is 4.74 Å². The van der Waals surface area contributed by atoms with E-state index in [0.29, 0.717) is 19.0 Å². The second-order valence-electron chi connectivity index (χ2n) is 6.46. The molecule has 2 fully saturated rings. The van der Waals surface area contributed by atoms with Gasteiger partial charge in [-0.15, -0.1) is 0 Å². The first kappa shape index (κ1) is 15.2. The summed E-state index contributed by atoms with van der Waals surface area (Å²) >= 11 is 0.